The zero-order valence-corrected chi connectivity index (χ0v) is 15.4. The number of nitrogens with one attached hydrogen (secondary N) is 2. The van der Waals surface area contributed by atoms with Crippen LogP contribution in [0.25, 0.3) is 0 Å². The molecule has 2 N–H and O–H groups in total. The van der Waals surface area contributed by atoms with E-state index in [1.165, 1.54) is 5.56 Å². The van der Waals surface area contributed by atoms with Gasteiger partial charge < -0.3 is 10.6 Å². The first-order chi connectivity index (χ1) is 13.7. The first kappa shape index (κ1) is 17.8. The molecule has 0 bridgehead atoms. The van der Waals surface area contributed by atoms with Crippen LogP contribution >= 0.6 is 0 Å². The predicted molar refractivity (Wildman–Crippen MR) is 111 cm³/mol. The van der Waals surface area contributed by atoms with Crippen molar-refractivity contribution in [1.82, 2.24) is 5.32 Å². The highest BCUT2D eigenvalue weighted by atomic mass is 16.2. The largest absolute Gasteiger partial charge is 0.336 e. The molecule has 0 spiro atoms. The first-order valence-electron chi connectivity index (χ1n) is 9.29. The maximum atomic E-state index is 12.7. The Kier molecular flexibility index (Phi) is 5.06. The number of para-hydroxylation sites is 1. The van der Waals surface area contributed by atoms with E-state index in [0.29, 0.717) is 18.7 Å². The van der Waals surface area contributed by atoms with Crippen molar-refractivity contribution in [2.24, 2.45) is 0 Å². The van der Waals surface area contributed by atoms with Crippen molar-refractivity contribution in [3.8, 4) is 0 Å². The molecule has 0 unspecified atom stereocenters. The third-order valence-corrected chi connectivity index (χ3v) is 4.80. The Morgan fingerprint density at radius 3 is 2.36 bits per heavy atom. The minimum Gasteiger partial charge on any atom is -0.336 e. The summed E-state index contributed by atoms with van der Waals surface area (Å²) in [6.07, 6.45) is 0.750. The van der Waals surface area contributed by atoms with E-state index in [9.17, 15) is 9.59 Å². The van der Waals surface area contributed by atoms with Gasteiger partial charge in [-0.1, -0.05) is 48.5 Å². The molecule has 0 saturated carbocycles. The maximum Gasteiger partial charge on any atom is 0.321 e. The van der Waals surface area contributed by atoms with Crippen molar-refractivity contribution in [3.05, 3.63) is 95.6 Å². The van der Waals surface area contributed by atoms with Crippen molar-refractivity contribution in [1.29, 1.82) is 0 Å². The Labute approximate surface area is 164 Å². The zero-order chi connectivity index (χ0) is 19.3. The Hall–Kier alpha value is -3.60. The van der Waals surface area contributed by atoms with E-state index < -0.39 is 0 Å². The van der Waals surface area contributed by atoms with Crippen LogP contribution in [0.3, 0.4) is 0 Å². The van der Waals surface area contributed by atoms with Crippen LogP contribution in [-0.2, 0) is 6.42 Å². The van der Waals surface area contributed by atoms with Crippen molar-refractivity contribution in [2.45, 2.75) is 6.42 Å². The van der Waals surface area contributed by atoms with Crippen molar-refractivity contribution >= 4 is 23.3 Å². The molecule has 0 aromatic heterocycles. The third kappa shape index (κ3) is 3.88. The lowest BCUT2D eigenvalue weighted by molar-refractivity contribution is 0.102. The Morgan fingerprint density at radius 1 is 0.929 bits per heavy atom. The average Bonchev–Trinajstić information content (AvgIpc) is 3.16. The van der Waals surface area contributed by atoms with Crippen LogP contribution in [-0.4, -0.2) is 25.0 Å². The quantitative estimate of drug-likeness (QED) is 0.710. The van der Waals surface area contributed by atoms with Gasteiger partial charge >= 0.3 is 6.03 Å². The molecule has 3 aromatic carbocycles. The second kappa shape index (κ2) is 7.96. The maximum absolute atomic E-state index is 12.7. The number of amides is 3. The van der Waals surface area contributed by atoms with Gasteiger partial charge in [0.25, 0.3) is 5.91 Å². The summed E-state index contributed by atoms with van der Waals surface area (Å²) < 4.78 is 0. The number of urea groups is 1. The van der Waals surface area contributed by atoms with Crippen molar-refractivity contribution in [2.75, 3.05) is 23.3 Å². The summed E-state index contributed by atoms with van der Waals surface area (Å²) in [5.74, 6) is -0.169. The Bertz CT molecular complexity index is 984. The molecule has 5 nitrogen and oxygen atoms in total. The van der Waals surface area contributed by atoms with Gasteiger partial charge in [0.2, 0.25) is 0 Å². The Balaban J connectivity index is 1.49. The fourth-order valence-corrected chi connectivity index (χ4v) is 3.32. The SMILES string of the molecule is O=C(Nc1ccccc1Cc1ccccc1)c1ccc(N2CCNC2=O)cc1. The topological polar surface area (TPSA) is 61.4 Å². The highest BCUT2D eigenvalue weighted by Gasteiger charge is 2.21. The van der Waals surface area contributed by atoms with E-state index in [1.807, 2.05) is 42.5 Å². The molecule has 0 radical (unpaired) electrons. The lowest BCUT2D eigenvalue weighted by atomic mass is 10.0. The van der Waals surface area contributed by atoms with E-state index in [0.717, 1.165) is 23.4 Å². The summed E-state index contributed by atoms with van der Waals surface area (Å²) in [6.45, 7) is 1.27. The number of nitrogens with zero attached hydrogens (tertiary/aromatic N) is 1. The summed E-state index contributed by atoms with van der Waals surface area (Å²) in [5, 5.41) is 5.78. The van der Waals surface area contributed by atoms with Crippen LogP contribution in [0.1, 0.15) is 21.5 Å². The molecule has 5 heteroatoms. The smallest absolute Gasteiger partial charge is 0.321 e. The highest BCUT2D eigenvalue weighted by molar-refractivity contribution is 6.05. The summed E-state index contributed by atoms with van der Waals surface area (Å²) >= 11 is 0. The summed E-state index contributed by atoms with van der Waals surface area (Å²) in [5.41, 5.74) is 4.40. The van der Waals surface area contributed by atoms with Crippen LogP contribution in [0.4, 0.5) is 16.2 Å². The number of rotatable bonds is 5. The van der Waals surface area contributed by atoms with Crippen LogP contribution in [0.2, 0.25) is 0 Å². The molecule has 28 heavy (non-hydrogen) atoms. The highest BCUT2D eigenvalue weighted by Crippen LogP contribution is 2.21. The molecule has 1 heterocycles. The van der Waals surface area contributed by atoms with Crippen LogP contribution in [0, 0.1) is 0 Å². The second-order valence-electron chi connectivity index (χ2n) is 6.70. The lowest BCUT2D eigenvalue weighted by Crippen LogP contribution is -2.27. The van der Waals surface area contributed by atoms with Crippen molar-refractivity contribution < 1.29 is 9.59 Å². The van der Waals surface area contributed by atoms with E-state index >= 15 is 0 Å². The van der Waals surface area contributed by atoms with Crippen LogP contribution in [0.15, 0.2) is 78.9 Å². The summed E-state index contributed by atoms with van der Waals surface area (Å²) in [4.78, 5) is 26.1. The molecular weight excluding hydrogens is 350 g/mol. The summed E-state index contributed by atoms with van der Waals surface area (Å²) in [7, 11) is 0. The van der Waals surface area contributed by atoms with Gasteiger partial charge in [-0.25, -0.2) is 4.79 Å². The van der Waals surface area contributed by atoms with Gasteiger partial charge in [-0.15, -0.1) is 0 Å². The van der Waals surface area contributed by atoms with E-state index in [1.54, 1.807) is 29.2 Å². The molecule has 0 aliphatic carbocycles. The van der Waals surface area contributed by atoms with Gasteiger partial charge in [0, 0.05) is 30.0 Å². The fourth-order valence-electron chi connectivity index (χ4n) is 3.32. The number of benzene rings is 3. The van der Waals surface area contributed by atoms with Gasteiger partial charge in [0.1, 0.15) is 0 Å². The van der Waals surface area contributed by atoms with E-state index in [-0.39, 0.29) is 11.9 Å². The number of carbonyl (C=O) groups excluding carboxylic acids is 2. The third-order valence-electron chi connectivity index (χ3n) is 4.80. The van der Waals surface area contributed by atoms with Gasteiger partial charge in [-0.3, -0.25) is 9.69 Å². The van der Waals surface area contributed by atoms with Crippen molar-refractivity contribution in [3.63, 3.8) is 0 Å². The minimum atomic E-state index is -0.169. The number of hydrogen-bond donors (Lipinski definition) is 2. The second-order valence-corrected chi connectivity index (χ2v) is 6.70. The average molecular weight is 371 g/mol. The molecule has 3 aromatic rings. The molecule has 1 aliphatic heterocycles. The standard InChI is InChI=1S/C23H21N3O2/c27-22(18-10-12-20(13-11-18)26-15-14-24-23(26)28)25-21-9-5-4-8-19(21)16-17-6-2-1-3-7-17/h1-13H,14-16H2,(H,24,28)(H,25,27). The normalized spacial score (nSPS) is 13.3. The molecule has 1 saturated heterocycles. The van der Waals surface area contributed by atoms with Crippen LogP contribution < -0.4 is 15.5 Å². The molecule has 1 aliphatic rings. The van der Waals surface area contributed by atoms with E-state index in [2.05, 4.69) is 22.8 Å². The van der Waals surface area contributed by atoms with Gasteiger partial charge in [0.15, 0.2) is 0 Å². The molecule has 4 rings (SSSR count). The molecule has 0 atom stereocenters. The molecule has 140 valence electrons. The molecule has 1 fully saturated rings. The van der Waals surface area contributed by atoms with Gasteiger partial charge in [0.05, 0.1) is 0 Å². The number of carbonyl (C=O) groups is 2. The fraction of sp³-hybridized carbons (Fsp3) is 0.130. The predicted octanol–water partition coefficient (Wildman–Crippen LogP) is 4.06. The molecular formula is C23H21N3O2. The molecule has 3 amide bonds. The van der Waals surface area contributed by atoms with Gasteiger partial charge in [-0.2, -0.15) is 0 Å². The van der Waals surface area contributed by atoms with E-state index in [4.69, 9.17) is 0 Å². The number of anilines is 2. The van der Waals surface area contributed by atoms with Gasteiger partial charge in [-0.05, 0) is 47.9 Å². The Morgan fingerprint density at radius 2 is 1.64 bits per heavy atom. The minimum absolute atomic E-state index is 0.105. The first-order valence-corrected chi connectivity index (χ1v) is 9.29. The summed E-state index contributed by atoms with van der Waals surface area (Å²) in [6, 6.07) is 25.0. The lowest BCUT2D eigenvalue weighted by Gasteiger charge is -2.15. The van der Waals surface area contributed by atoms with Crippen LogP contribution in [0.5, 0.6) is 0 Å². The number of hydrogen-bond acceptors (Lipinski definition) is 2. The zero-order valence-electron chi connectivity index (χ0n) is 15.4. The monoisotopic (exact) mass is 371 g/mol.